The molecule has 2 aliphatic heterocycles. The predicted octanol–water partition coefficient (Wildman–Crippen LogP) is 2.59. The first-order chi connectivity index (χ1) is 15.5. The SMILES string of the molecule is OC1[C@H]2OC3(O[C@H]2C(O)[C@@H]2OC4(O[C@@H]12)C1CC2CC(C1)CC4C2)C1CC2CC(C1)CC3C2. The minimum absolute atomic E-state index is 0.404. The summed E-state index contributed by atoms with van der Waals surface area (Å²) in [5.41, 5.74) is 0. The van der Waals surface area contributed by atoms with Crippen molar-refractivity contribution in [2.75, 3.05) is 0 Å². The van der Waals surface area contributed by atoms with Crippen LogP contribution >= 0.6 is 0 Å². The van der Waals surface area contributed by atoms with Gasteiger partial charge in [-0.3, -0.25) is 0 Å². The van der Waals surface area contributed by atoms with Gasteiger partial charge in [-0.1, -0.05) is 0 Å². The third-order valence-electron chi connectivity index (χ3n) is 11.8. The van der Waals surface area contributed by atoms with E-state index in [0.717, 1.165) is 23.7 Å². The first kappa shape index (κ1) is 19.0. The second-order valence-corrected chi connectivity index (χ2v) is 13.4. The summed E-state index contributed by atoms with van der Waals surface area (Å²) in [5.74, 6) is 3.66. The maximum atomic E-state index is 11.5. The summed E-state index contributed by atoms with van der Waals surface area (Å²) in [6.45, 7) is 0. The van der Waals surface area contributed by atoms with Gasteiger partial charge < -0.3 is 29.2 Å². The zero-order chi connectivity index (χ0) is 21.0. The smallest absolute Gasteiger partial charge is 0.175 e. The highest BCUT2D eigenvalue weighted by molar-refractivity contribution is 5.16. The molecule has 9 aliphatic carbocycles. The van der Waals surface area contributed by atoms with Gasteiger partial charge >= 0.3 is 0 Å². The fourth-order valence-corrected chi connectivity index (χ4v) is 11.1. The van der Waals surface area contributed by atoms with Crippen molar-refractivity contribution in [3.8, 4) is 0 Å². The van der Waals surface area contributed by atoms with Crippen LogP contribution in [0.3, 0.4) is 0 Å². The maximum absolute atomic E-state index is 11.5. The molecule has 0 amide bonds. The minimum atomic E-state index is -0.804. The highest BCUT2D eigenvalue weighted by Crippen LogP contribution is 2.66. The van der Waals surface area contributed by atoms with E-state index in [1.807, 2.05) is 0 Å². The second kappa shape index (κ2) is 5.93. The first-order valence-electron chi connectivity index (χ1n) is 13.6. The second-order valence-electron chi connectivity index (χ2n) is 13.4. The van der Waals surface area contributed by atoms with Gasteiger partial charge in [-0.25, -0.2) is 0 Å². The van der Waals surface area contributed by atoms with Gasteiger partial charge in [-0.05, 0) is 87.9 Å². The molecule has 2 N–H and O–H groups in total. The van der Waals surface area contributed by atoms with Gasteiger partial charge in [0.05, 0.1) is 0 Å². The molecule has 2 spiro atoms. The van der Waals surface area contributed by atoms with E-state index in [-0.39, 0.29) is 0 Å². The number of rotatable bonds is 0. The molecular formula is C26H36O6. The van der Waals surface area contributed by atoms with Crippen molar-refractivity contribution in [2.24, 2.45) is 47.3 Å². The van der Waals surface area contributed by atoms with E-state index in [9.17, 15) is 10.2 Å². The van der Waals surface area contributed by atoms with Crippen molar-refractivity contribution in [3.63, 3.8) is 0 Å². The van der Waals surface area contributed by atoms with E-state index in [1.54, 1.807) is 0 Å². The van der Waals surface area contributed by atoms with Crippen LogP contribution < -0.4 is 0 Å². The number of aliphatic hydroxyl groups excluding tert-OH is 2. The summed E-state index contributed by atoms with van der Waals surface area (Å²) in [4.78, 5) is 0. The van der Waals surface area contributed by atoms with Gasteiger partial charge in [-0.15, -0.1) is 0 Å². The Hall–Kier alpha value is -0.240. The van der Waals surface area contributed by atoms with Crippen LogP contribution in [0.4, 0.5) is 0 Å². The molecule has 32 heavy (non-hydrogen) atoms. The Morgan fingerprint density at radius 2 is 0.656 bits per heavy atom. The zero-order valence-corrected chi connectivity index (χ0v) is 18.7. The molecule has 11 rings (SSSR count). The molecule has 2 unspecified atom stereocenters. The number of hydrogen-bond acceptors (Lipinski definition) is 6. The third-order valence-corrected chi connectivity index (χ3v) is 11.8. The normalized spacial score (nSPS) is 69.9. The average Bonchev–Trinajstić information content (AvgIpc) is 3.36. The van der Waals surface area contributed by atoms with Gasteiger partial charge in [0.2, 0.25) is 0 Å². The van der Waals surface area contributed by atoms with E-state index < -0.39 is 48.2 Å². The van der Waals surface area contributed by atoms with Crippen molar-refractivity contribution < 1.29 is 29.2 Å². The van der Waals surface area contributed by atoms with Crippen LogP contribution in [0.25, 0.3) is 0 Å². The Bertz CT molecular complexity index is 690. The topological polar surface area (TPSA) is 77.4 Å². The molecule has 0 radical (unpaired) electrons. The first-order valence-corrected chi connectivity index (χ1v) is 13.6. The van der Waals surface area contributed by atoms with Crippen LogP contribution in [0.2, 0.25) is 0 Å². The zero-order valence-electron chi connectivity index (χ0n) is 18.7. The molecule has 6 heteroatoms. The molecule has 8 bridgehead atoms. The fourth-order valence-electron chi connectivity index (χ4n) is 11.1. The summed E-state index contributed by atoms with van der Waals surface area (Å²) in [6, 6.07) is 0. The molecule has 11 fully saturated rings. The van der Waals surface area contributed by atoms with Crippen molar-refractivity contribution in [1.29, 1.82) is 0 Å². The molecule has 0 aromatic heterocycles. The largest absolute Gasteiger partial charge is 0.387 e. The Balaban J connectivity index is 1.03. The Kier molecular flexibility index (Phi) is 3.52. The Morgan fingerprint density at radius 3 is 0.906 bits per heavy atom. The molecule has 0 aromatic carbocycles. The molecule has 6 atom stereocenters. The monoisotopic (exact) mass is 444 g/mol. The molecule has 6 nitrogen and oxygen atoms in total. The lowest BCUT2D eigenvalue weighted by molar-refractivity contribution is -0.316. The molecule has 2 saturated heterocycles. The Morgan fingerprint density at radius 1 is 0.406 bits per heavy atom. The number of hydrogen-bond donors (Lipinski definition) is 2. The lowest BCUT2D eigenvalue weighted by atomic mass is 9.53. The molecule has 0 aromatic rings. The fraction of sp³-hybridized carbons (Fsp3) is 1.00. The van der Waals surface area contributed by atoms with Crippen molar-refractivity contribution >= 4 is 0 Å². The van der Waals surface area contributed by atoms with Gasteiger partial charge in [0.1, 0.15) is 36.6 Å². The minimum Gasteiger partial charge on any atom is -0.387 e. The highest BCUT2D eigenvalue weighted by atomic mass is 16.8. The van der Waals surface area contributed by atoms with Crippen LogP contribution in [0.5, 0.6) is 0 Å². The van der Waals surface area contributed by atoms with Gasteiger partial charge in [-0.2, -0.15) is 0 Å². The van der Waals surface area contributed by atoms with Crippen molar-refractivity contribution in [1.82, 2.24) is 0 Å². The van der Waals surface area contributed by atoms with Crippen LogP contribution in [-0.2, 0) is 18.9 Å². The molecule has 2 heterocycles. The summed E-state index contributed by atoms with van der Waals surface area (Å²) in [6.07, 6.45) is 8.47. The number of aliphatic hydroxyl groups is 2. The average molecular weight is 445 g/mol. The van der Waals surface area contributed by atoms with Gasteiger partial charge in [0.15, 0.2) is 11.6 Å². The quantitative estimate of drug-likeness (QED) is 0.598. The third kappa shape index (κ3) is 2.12. The van der Waals surface area contributed by atoms with Gasteiger partial charge in [0, 0.05) is 23.7 Å². The van der Waals surface area contributed by atoms with E-state index in [1.165, 1.54) is 64.2 Å². The van der Waals surface area contributed by atoms with E-state index in [4.69, 9.17) is 18.9 Å². The maximum Gasteiger partial charge on any atom is 0.175 e. The molecule has 9 saturated carbocycles. The van der Waals surface area contributed by atoms with E-state index in [0.29, 0.717) is 23.7 Å². The summed E-state index contributed by atoms with van der Waals surface area (Å²) in [7, 11) is 0. The van der Waals surface area contributed by atoms with Crippen LogP contribution in [0.1, 0.15) is 64.2 Å². The standard InChI is InChI=1S/C26H36O6/c27-19-21-22(30-25(29-21)15-3-11-1-12(5-15)6-16(25)4-11)20(28)24-23(19)31-26(32-24)17-7-13-2-14(9-17)10-18(26)8-13/h11-24,27-28H,1-10H2/t11?,12?,13?,14?,15?,16?,17?,18?,19?,20?,21-,22-,23-,24+,25?,26?/m0/s1. The molecule has 11 aliphatic rings. The molecule has 176 valence electrons. The number of fused-ring (bicyclic) bond motifs is 2. The van der Waals surface area contributed by atoms with Crippen LogP contribution in [-0.4, -0.2) is 58.4 Å². The van der Waals surface area contributed by atoms with E-state index >= 15 is 0 Å². The number of ether oxygens (including phenoxy) is 4. The Labute approximate surface area is 189 Å². The van der Waals surface area contributed by atoms with Gasteiger partial charge in [0.25, 0.3) is 0 Å². The summed E-state index contributed by atoms with van der Waals surface area (Å²) in [5, 5.41) is 23.0. The highest BCUT2D eigenvalue weighted by Gasteiger charge is 2.73. The van der Waals surface area contributed by atoms with Crippen molar-refractivity contribution in [3.05, 3.63) is 0 Å². The van der Waals surface area contributed by atoms with Crippen LogP contribution in [0, 0.1) is 47.3 Å². The van der Waals surface area contributed by atoms with E-state index in [2.05, 4.69) is 0 Å². The summed E-state index contributed by atoms with van der Waals surface area (Å²) >= 11 is 0. The summed E-state index contributed by atoms with van der Waals surface area (Å²) < 4.78 is 27.0. The predicted molar refractivity (Wildman–Crippen MR) is 111 cm³/mol. The van der Waals surface area contributed by atoms with Crippen LogP contribution in [0.15, 0.2) is 0 Å². The lowest BCUT2D eigenvalue weighted by Gasteiger charge is -2.58. The van der Waals surface area contributed by atoms with Crippen molar-refractivity contribution in [2.45, 2.75) is 112 Å². The lowest BCUT2D eigenvalue weighted by Crippen LogP contribution is -2.61. The molecular weight excluding hydrogens is 408 g/mol.